The second-order valence-electron chi connectivity index (χ2n) is 14.5. The van der Waals surface area contributed by atoms with E-state index in [0.29, 0.717) is 0 Å². The first-order valence-electron chi connectivity index (χ1n) is 17.6. The first kappa shape index (κ1) is 27.7. The molecular weight excluding hydrogens is 603 g/mol. The molecule has 1 aromatic heterocycles. The van der Waals surface area contributed by atoms with Gasteiger partial charge in [0, 0.05) is 21.9 Å². The van der Waals surface area contributed by atoms with E-state index in [1.54, 1.807) is 0 Å². The number of nitrogens with zero attached hydrogens (tertiary/aromatic N) is 1. The van der Waals surface area contributed by atoms with E-state index in [4.69, 9.17) is 0 Å². The number of aromatic nitrogens is 1. The molecule has 1 heterocycles. The summed E-state index contributed by atoms with van der Waals surface area (Å²) in [5.74, 6) is 0. The topological polar surface area (TPSA) is 4.93 Å². The van der Waals surface area contributed by atoms with Crippen molar-refractivity contribution in [2.75, 3.05) is 0 Å². The number of para-hydroxylation sites is 1. The van der Waals surface area contributed by atoms with Gasteiger partial charge in [0.25, 0.3) is 0 Å². The van der Waals surface area contributed by atoms with Crippen LogP contribution < -0.4 is 0 Å². The van der Waals surface area contributed by atoms with Crippen molar-refractivity contribution in [2.24, 2.45) is 0 Å². The van der Waals surface area contributed by atoms with Gasteiger partial charge in [0.1, 0.15) is 0 Å². The summed E-state index contributed by atoms with van der Waals surface area (Å²) >= 11 is 0. The second kappa shape index (κ2) is 9.94. The summed E-state index contributed by atoms with van der Waals surface area (Å²) in [5.41, 5.74) is 14.2. The van der Waals surface area contributed by atoms with Gasteiger partial charge in [-0.15, -0.1) is 0 Å². The SMILES string of the molecule is CC1(C)c2ccccc2-c2cc3c(cc21)c1ccc(-c2ccc4ccc5c(-c6ccccc6)ccc6ccc2c4c65)cc1n3-c1ccccc1. The average molecular weight is 636 g/mol. The quantitative estimate of drug-likeness (QED) is 0.170. The third-order valence-corrected chi connectivity index (χ3v) is 11.5. The number of rotatable bonds is 3. The van der Waals surface area contributed by atoms with Gasteiger partial charge in [-0.05, 0) is 107 Å². The van der Waals surface area contributed by atoms with Crippen molar-refractivity contribution in [1.82, 2.24) is 4.57 Å². The van der Waals surface area contributed by atoms with Gasteiger partial charge in [-0.2, -0.15) is 0 Å². The zero-order chi connectivity index (χ0) is 33.1. The summed E-state index contributed by atoms with van der Waals surface area (Å²) in [7, 11) is 0. The molecule has 11 rings (SSSR count). The Morgan fingerprint density at radius 1 is 0.380 bits per heavy atom. The summed E-state index contributed by atoms with van der Waals surface area (Å²) in [6, 6.07) is 61.1. The highest BCUT2D eigenvalue weighted by atomic mass is 15.0. The van der Waals surface area contributed by atoms with E-state index in [-0.39, 0.29) is 5.41 Å². The Balaban J connectivity index is 1.19. The van der Waals surface area contributed by atoms with Gasteiger partial charge in [0.15, 0.2) is 0 Å². The molecule has 0 radical (unpaired) electrons. The minimum atomic E-state index is -0.0523. The Bertz CT molecular complexity index is 2980. The van der Waals surface area contributed by atoms with Crippen LogP contribution in [-0.2, 0) is 5.41 Å². The average Bonchev–Trinajstić information content (AvgIpc) is 3.60. The number of fused-ring (bicyclic) bond motifs is 6. The Morgan fingerprint density at radius 2 is 0.960 bits per heavy atom. The summed E-state index contributed by atoms with van der Waals surface area (Å²) in [6.45, 7) is 4.74. The Labute approximate surface area is 291 Å². The smallest absolute Gasteiger partial charge is 0.0547 e. The molecular formula is C49H33N. The molecule has 0 unspecified atom stereocenters. The van der Waals surface area contributed by atoms with E-state index in [1.807, 2.05) is 0 Å². The lowest BCUT2D eigenvalue weighted by Gasteiger charge is -2.21. The largest absolute Gasteiger partial charge is 0.309 e. The Hall–Kier alpha value is -6.18. The fourth-order valence-corrected chi connectivity index (χ4v) is 9.16. The molecule has 0 aliphatic heterocycles. The van der Waals surface area contributed by atoms with Crippen molar-refractivity contribution in [1.29, 1.82) is 0 Å². The molecule has 0 saturated carbocycles. The molecule has 50 heavy (non-hydrogen) atoms. The van der Waals surface area contributed by atoms with Gasteiger partial charge in [0.05, 0.1) is 11.0 Å². The van der Waals surface area contributed by atoms with Gasteiger partial charge in [-0.1, -0.05) is 147 Å². The maximum atomic E-state index is 2.48. The maximum absolute atomic E-state index is 2.48. The summed E-state index contributed by atoms with van der Waals surface area (Å²) in [5, 5.41) is 10.4. The lowest BCUT2D eigenvalue weighted by molar-refractivity contribution is 0.661. The molecule has 234 valence electrons. The molecule has 9 aromatic carbocycles. The molecule has 0 amide bonds. The van der Waals surface area contributed by atoms with Crippen molar-refractivity contribution in [3.8, 4) is 39.1 Å². The van der Waals surface area contributed by atoms with Crippen LogP contribution in [0.3, 0.4) is 0 Å². The molecule has 0 N–H and O–H groups in total. The summed E-state index contributed by atoms with van der Waals surface area (Å²) in [4.78, 5) is 0. The van der Waals surface area contributed by atoms with Crippen molar-refractivity contribution in [3.63, 3.8) is 0 Å². The van der Waals surface area contributed by atoms with Crippen LogP contribution in [0.15, 0.2) is 164 Å². The zero-order valence-corrected chi connectivity index (χ0v) is 28.0. The molecule has 0 bridgehead atoms. The van der Waals surface area contributed by atoms with E-state index < -0.39 is 0 Å². The van der Waals surface area contributed by atoms with E-state index >= 15 is 0 Å². The van der Waals surface area contributed by atoms with Gasteiger partial charge < -0.3 is 4.57 Å². The van der Waals surface area contributed by atoms with Crippen LogP contribution in [0.2, 0.25) is 0 Å². The molecule has 0 saturated heterocycles. The number of hydrogen-bond donors (Lipinski definition) is 0. The van der Waals surface area contributed by atoms with Gasteiger partial charge in [0.2, 0.25) is 0 Å². The Kier molecular flexibility index (Phi) is 5.51. The summed E-state index contributed by atoms with van der Waals surface area (Å²) < 4.78 is 2.48. The van der Waals surface area contributed by atoms with Crippen LogP contribution in [-0.4, -0.2) is 4.57 Å². The molecule has 0 atom stereocenters. The van der Waals surface area contributed by atoms with E-state index in [2.05, 4.69) is 182 Å². The predicted octanol–water partition coefficient (Wildman–Crippen LogP) is 13.3. The van der Waals surface area contributed by atoms with Crippen LogP contribution in [0.25, 0.3) is 93.2 Å². The first-order valence-corrected chi connectivity index (χ1v) is 17.6. The molecule has 1 aliphatic rings. The molecule has 10 aromatic rings. The first-order chi connectivity index (χ1) is 24.6. The van der Waals surface area contributed by atoms with Gasteiger partial charge in [-0.3, -0.25) is 0 Å². The molecule has 0 spiro atoms. The van der Waals surface area contributed by atoms with Crippen molar-refractivity contribution in [2.45, 2.75) is 19.3 Å². The monoisotopic (exact) mass is 635 g/mol. The molecule has 1 nitrogen and oxygen atoms in total. The fourth-order valence-electron chi connectivity index (χ4n) is 9.16. The maximum Gasteiger partial charge on any atom is 0.0547 e. The van der Waals surface area contributed by atoms with E-state index in [1.165, 1.54) is 104 Å². The molecule has 1 heteroatoms. The van der Waals surface area contributed by atoms with E-state index in [0.717, 1.165) is 0 Å². The summed E-state index contributed by atoms with van der Waals surface area (Å²) in [6.07, 6.45) is 0. The number of benzene rings is 9. The minimum absolute atomic E-state index is 0.0523. The van der Waals surface area contributed by atoms with Gasteiger partial charge >= 0.3 is 0 Å². The van der Waals surface area contributed by atoms with Crippen LogP contribution in [0.5, 0.6) is 0 Å². The third kappa shape index (κ3) is 3.67. The lowest BCUT2D eigenvalue weighted by atomic mass is 9.82. The normalized spacial score (nSPS) is 13.6. The standard InChI is InChI=1S/C49H33N/c1-49(2)43-16-10-9-15-37(43)41-29-46-42(28-44(41)49)38-24-21-33(27-45(38)50(46)34-13-7-4-8-14-34)36-23-18-32-19-25-39-35(30-11-5-3-6-12-30)22-17-31-20-26-40(36)48(32)47(31)39/h3-29H,1-2H3. The molecule has 0 fully saturated rings. The van der Waals surface area contributed by atoms with Crippen LogP contribution in [0.4, 0.5) is 0 Å². The van der Waals surface area contributed by atoms with E-state index in [9.17, 15) is 0 Å². The highest BCUT2D eigenvalue weighted by Crippen LogP contribution is 2.51. The van der Waals surface area contributed by atoms with Gasteiger partial charge in [-0.25, -0.2) is 0 Å². The fraction of sp³-hybridized carbons (Fsp3) is 0.0612. The zero-order valence-electron chi connectivity index (χ0n) is 28.0. The van der Waals surface area contributed by atoms with Crippen LogP contribution >= 0.6 is 0 Å². The third-order valence-electron chi connectivity index (χ3n) is 11.5. The number of hydrogen-bond acceptors (Lipinski definition) is 0. The van der Waals surface area contributed by atoms with Crippen molar-refractivity contribution in [3.05, 3.63) is 175 Å². The predicted molar refractivity (Wildman–Crippen MR) is 213 cm³/mol. The highest BCUT2D eigenvalue weighted by molar-refractivity contribution is 6.27. The second-order valence-corrected chi connectivity index (χ2v) is 14.5. The Morgan fingerprint density at radius 3 is 1.68 bits per heavy atom. The van der Waals surface area contributed by atoms with Crippen molar-refractivity contribution >= 4 is 54.1 Å². The van der Waals surface area contributed by atoms with Crippen molar-refractivity contribution < 1.29 is 0 Å². The minimum Gasteiger partial charge on any atom is -0.309 e. The van der Waals surface area contributed by atoms with Crippen LogP contribution in [0.1, 0.15) is 25.0 Å². The van der Waals surface area contributed by atoms with Crippen LogP contribution in [0, 0.1) is 0 Å². The lowest BCUT2D eigenvalue weighted by Crippen LogP contribution is -2.14. The highest BCUT2D eigenvalue weighted by Gasteiger charge is 2.36. The molecule has 1 aliphatic carbocycles.